The number of furan rings is 1. The van der Waals surface area contributed by atoms with Gasteiger partial charge < -0.3 is 19.8 Å². The number of hydrogen-bond donors (Lipinski definition) is 2. The largest absolute Gasteiger partial charge is 0.465 e. The summed E-state index contributed by atoms with van der Waals surface area (Å²) in [6, 6.07) is 2.02. The van der Waals surface area contributed by atoms with Crippen molar-refractivity contribution in [3.63, 3.8) is 0 Å². The van der Waals surface area contributed by atoms with Crippen LogP contribution in [-0.4, -0.2) is 31.6 Å². The van der Waals surface area contributed by atoms with Crippen molar-refractivity contribution in [2.24, 2.45) is 4.99 Å². The van der Waals surface area contributed by atoms with Crippen LogP contribution in [0.4, 0.5) is 0 Å². The Labute approximate surface area is 149 Å². The molecular formula is C15H26IN3O3. The Morgan fingerprint density at radius 1 is 1.45 bits per heavy atom. The standard InChI is InChI=1S/C15H25N3O3.HI/c1-6-10(3)18-15(16-7-2)17-9-12-8-13(11(4)21-12)14(19)20-5;/h8,10H,6-7,9H2,1-5H3,(H2,16,17,18);1H. The molecule has 0 aliphatic rings. The van der Waals surface area contributed by atoms with E-state index in [0.717, 1.165) is 18.9 Å². The summed E-state index contributed by atoms with van der Waals surface area (Å²) >= 11 is 0. The van der Waals surface area contributed by atoms with Crippen LogP contribution in [0.5, 0.6) is 0 Å². The predicted molar refractivity (Wildman–Crippen MR) is 97.9 cm³/mol. The molecule has 0 aliphatic carbocycles. The fourth-order valence-corrected chi connectivity index (χ4v) is 1.75. The Hall–Kier alpha value is -1.25. The Bertz CT molecular complexity index is 500. The quantitative estimate of drug-likeness (QED) is 0.319. The predicted octanol–water partition coefficient (Wildman–Crippen LogP) is 2.85. The summed E-state index contributed by atoms with van der Waals surface area (Å²) in [6.07, 6.45) is 1.01. The molecule has 0 radical (unpaired) electrons. The second-order valence-electron chi connectivity index (χ2n) is 4.82. The van der Waals surface area contributed by atoms with Crippen LogP contribution in [0.25, 0.3) is 0 Å². The number of methoxy groups -OCH3 is 1. The zero-order valence-corrected chi connectivity index (χ0v) is 16.2. The van der Waals surface area contributed by atoms with Gasteiger partial charge in [-0.05, 0) is 33.3 Å². The van der Waals surface area contributed by atoms with E-state index < -0.39 is 5.97 Å². The van der Waals surface area contributed by atoms with Gasteiger partial charge in [0.25, 0.3) is 0 Å². The maximum Gasteiger partial charge on any atom is 0.341 e. The van der Waals surface area contributed by atoms with E-state index in [-0.39, 0.29) is 24.0 Å². The molecule has 0 saturated carbocycles. The summed E-state index contributed by atoms with van der Waals surface area (Å²) in [5.41, 5.74) is 0.447. The average molecular weight is 423 g/mol. The molecule has 0 fully saturated rings. The third-order valence-corrected chi connectivity index (χ3v) is 3.11. The molecule has 6 nitrogen and oxygen atoms in total. The van der Waals surface area contributed by atoms with E-state index in [1.165, 1.54) is 7.11 Å². The number of ether oxygens (including phenoxy) is 1. The van der Waals surface area contributed by atoms with E-state index in [1.54, 1.807) is 13.0 Å². The molecule has 1 heterocycles. The maximum absolute atomic E-state index is 11.5. The minimum atomic E-state index is -0.392. The van der Waals surface area contributed by atoms with Crippen molar-refractivity contribution in [1.29, 1.82) is 0 Å². The van der Waals surface area contributed by atoms with Crippen LogP contribution in [0.1, 0.15) is 49.1 Å². The van der Waals surface area contributed by atoms with Crippen LogP contribution < -0.4 is 10.6 Å². The minimum Gasteiger partial charge on any atom is -0.465 e. The maximum atomic E-state index is 11.5. The van der Waals surface area contributed by atoms with Crippen LogP contribution in [0, 0.1) is 6.92 Å². The van der Waals surface area contributed by atoms with Gasteiger partial charge in [0.15, 0.2) is 5.96 Å². The summed E-state index contributed by atoms with van der Waals surface area (Å²) < 4.78 is 10.2. The molecule has 22 heavy (non-hydrogen) atoms. The molecule has 1 rings (SSSR count). The topological polar surface area (TPSA) is 75.9 Å². The van der Waals surface area contributed by atoms with Crippen molar-refractivity contribution in [2.75, 3.05) is 13.7 Å². The summed E-state index contributed by atoms with van der Waals surface area (Å²) in [5.74, 6) is 1.53. The summed E-state index contributed by atoms with van der Waals surface area (Å²) in [4.78, 5) is 16.0. The molecule has 7 heteroatoms. The second-order valence-corrected chi connectivity index (χ2v) is 4.82. The third kappa shape index (κ3) is 6.25. The van der Waals surface area contributed by atoms with Crippen LogP contribution in [0.3, 0.4) is 0 Å². The molecule has 2 N–H and O–H groups in total. The number of aliphatic imine (C=N–C) groups is 1. The van der Waals surface area contributed by atoms with Crippen LogP contribution >= 0.6 is 24.0 Å². The van der Waals surface area contributed by atoms with Gasteiger partial charge in [0.05, 0.1) is 7.11 Å². The van der Waals surface area contributed by atoms with E-state index in [0.29, 0.717) is 29.7 Å². The molecule has 1 aromatic heterocycles. The number of rotatable bonds is 6. The molecule has 126 valence electrons. The minimum absolute atomic E-state index is 0. The summed E-state index contributed by atoms with van der Waals surface area (Å²) in [7, 11) is 1.35. The lowest BCUT2D eigenvalue weighted by Gasteiger charge is -2.15. The number of nitrogens with one attached hydrogen (secondary N) is 2. The number of esters is 1. The highest BCUT2D eigenvalue weighted by molar-refractivity contribution is 14.0. The van der Waals surface area contributed by atoms with Gasteiger partial charge in [0, 0.05) is 12.6 Å². The van der Waals surface area contributed by atoms with Gasteiger partial charge in [-0.25, -0.2) is 9.79 Å². The monoisotopic (exact) mass is 423 g/mol. The molecular weight excluding hydrogens is 397 g/mol. The molecule has 0 saturated heterocycles. The first-order valence-electron chi connectivity index (χ1n) is 7.24. The molecule has 1 unspecified atom stereocenters. The highest BCUT2D eigenvalue weighted by atomic mass is 127. The van der Waals surface area contributed by atoms with Crippen molar-refractivity contribution >= 4 is 35.9 Å². The zero-order valence-electron chi connectivity index (χ0n) is 13.9. The van der Waals surface area contributed by atoms with Gasteiger partial charge in [-0.2, -0.15) is 0 Å². The van der Waals surface area contributed by atoms with Crippen molar-refractivity contribution in [3.8, 4) is 0 Å². The number of aryl methyl sites for hydroxylation is 1. The van der Waals surface area contributed by atoms with Gasteiger partial charge >= 0.3 is 5.97 Å². The SMILES string of the molecule is CCNC(=NCc1cc(C(=O)OC)c(C)o1)NC(C)CC.I. The van der Waals surface area contributed by atoms with E-state index in [9.17, 15) is 4.79 Å². The van der Waals surface area contributed by atoms with Gasteiger partial charge in [0.2, 0.25) is 0 Å². The van der Waals surface area contributed by atoms with Crippen molar-refractivity contribution in [1.82, 2.24) is 10.6 Å². The third-order valence-electron chi connectivity index (χ3n) is 3.11. The molecule has 0 spiro atoms. The normalized spacial score (nSPS) is 12.3. The van der Waals surface area contributed by atoms with Gasteiger partial charge in [-0.3, -0.25) is 0 Å². The Morgan fingerprint density at radius 3 is 2.68 bits per heavy atom. The number of hydrogen-bond acceptors (Lipinski definition) is 4. The van der Waals surface area contributed by atoms with E-state index in [4.69, 9.17) is 9.15 Å². The van der Waals surface area contributed by atoms with Crippen molar-refractivity contribution in [3.05, 3.63) is 23.2 Å². The lowest BCUT2D eigenvalue weighted by Crippen LogP contribution is -2.41. The Morgan fingerprint density at radius 2 is 2.14 bits per heavy atom. The lowest BCUT2D eigenvalue weighted by atomic mass is 10.2. The van der Waals surface area contributed by atoms with Gasteiger partial charge in [-0.1, -0.05) is 6.92 Å². The lowest BCUT2D eigenvalue weighted by molar-refractivity contribution is 0.0599. The van der Waals surface area contributed by atoms with Gasteiger partial charge in [-0.15, -0.1) is 24.0 Å². The van der Waals surface area contributed by atoms with Crippen LogP contribution in [0.15, 0.2) is 15.5 Å². The van der Waals surface area contributed by atoms with Crippen LogP contribution in [-0.2, 0) is 11.3 Å². The molecule has 0 aromatic carbocycles. The van der Waals surface area contributed by atoms with Crippen molar-refractivity contribution in [2.45, 2.75) is 46.7 Å². The van der Waals surface area contributed by atoms with Crippen molar-refractivity contribution < 1.29 is 13.9 Å². The van der Waals surface area contributed by atoms with E-state index >= 15 is 0 Å². The highest BCUT2D eigenvalue weighted by Gasteiger charge is 2.15. The average Bonchev–Trinajstić information content (AvgIpc) is 2.85. The first kappa shape index (κ1) is 20.8. The zero-order chi connectivity index (χ0) is 15.8. The highest BCUT2D eigenvalue weighted by Crippen LogP contribution is 2.16. The number of carbonyl (C=O) groups is 1. The molecule has 1 atom stereocenters. The number of halogens is 1. The molecule has 1 aromatic rings. The van der Waals surface area contributed by atoms with E-state index in [2.05, 4.69) is 29.5 Å². The first-order valence-corrected chi connectivity index (χ1v) is 7.24. The second kappa shape index (κ2) is 10.5. The first-order chi connectivity index (χ1) is 10.0. The molecule has 0 amide bonds. The molecule has 0 bridgehead atoms. The van der Waals surface area contributed by atoms with E-state index in [1.807, 2.05) is 6.92 Å². The van der Waals surface area contributed by atoms with Gasteiger partial charge in [0.1, 0.15) is 23.6 Å². The Kier molecular flexibility index (Phi) is 9.88. The Balaban J connectivity index is 0.00000441. The van der Waals surface area contributed by atoms with Crippen LogP contribution in [0.2, 0.25) is 0 Å². The molecule has 0 aliphatic heterocycles. The number of carbonyl (C=O) groups excluding carboxylic acids is 1. The fraction of sp³-hybridized carbons (Fsp3) is 0.600. The number of nitrogens with zero attached hydrogens (tertiary/aromatic N) is 1. The fourth-order valence-electron chi connectivity index (χ4n) is 1.75. The summed E-state index contributed by atoms with van der Waals surface area (Å²) in [5, 5.41) is 6.48. The smallest absolute Gasteiger partial charge is 0.341 e. The number of guanidine groups is 1. The summed E-state index contributed by atoms with van der Waals surface area (Å²) in [6.45, 7) is 9.11.